The normalized spacial score (nSPS) is 14.3. The fourth-order valence-corrected chi connectivity index (χ4v) is 1.20. The molecule has 4 N–H and O–H groups in total. The van der Waals surface area contributed by atoms with E-state index in [1.807, 2.05) is 27.7 Å². The van der Waals surface area contributed by atoms with E-state index in [-0.39, 0.29) is 0 Å². The fourth-order valence-electron chi connectivity index (χ4n) is 1.20. The summed E-state index contributed by atoms with van der Waals surface area (Å²) in [6.07, 6.45) is 0.818. The number of pyridine rings is 1. The number of hydrogen-bond donors (Lipinski definition) is 2. The van der Waals surface area contributed by atoms with Crippen LogP contribution in [0.25, 0.3) is 0 Å². The van der Waals surface area contributed by atoms with Crippen molar-refractivity contribution < 1.29 is 14.9 Å². The topological polar surface area (TPSA) is 77.3 Å². The molecule has 1 aromatic rings. The summed E-state index contributed by atoms with van der Waals surface area (Å²) in [5, 5.41) is 20.4. The first-order valence-electron chi connectivity index (χ1n) is 6.25. The van der Waals surface area contributed by atoms with Crippen LogP contribution in [0.2, 0.25) is 0 Å². The van der Waals surface area contributed by atoms with Crippen molar-refractivity contribution >= 4 is 12.9 Å². The highest BCUT2D eigenvalue weighted by atomic mass is 16.5. The van der Waals surface area contributed by atoms with E-state index in [9.17, 15) is 5.11 Å². The second kappa shape index (κ2) is 6.01. The average Bonchev–Trinajstić information content (AvgIpc) is 2.34. The molecular weight excluding hydrogens is 243 g/mol. The Balaban J connectivity index is 2.74. The van der Waals surface area contributed by atoms with Crippen LogP contribution in [0.4, 0.5) is 0 Å². The van der Waals surface area contributed by atoms with Gasteiger partial charge in [0.1, 0.15) is 11.8 Å². The maximum absolute atomic E-state index is 9.65. The molecule has 6 heteroatoms. The first-order chi connectivity index (χ1) is 8.67. The SMILES string of the molecule is CNC(O)c1cc([B]OC(C)(C)C(C)(C)[OH2+])ccn1. The molecule has 1 aromatic heterocycles. The molecule has 105 valence electrons. The van der Waals surface area contributed by atoms with Crippen LogP contribution in [0, 0.1) is 0 Å². The Labute approximate surface area is 115 Å². The van der Waals surface area contributed by atoms with Crippen LogP contribution < -0.4 is 10.8 Å². The molecule has 5 nitrogen and oxygen atoms in total. The molecule has 1 rings (SSSR count). The highest BCUT2D eigenvalue weighted by Crippen LogP contribution is 2.24. The molecule has 1 heterocycles. The van der Waals surface area contributed by atoms with Crippen molar-refractivity contribution in [3.63, 3.8) is 0 Å². The van der Waals surface area contributed by atoms with Crippen molar-refractivity contribution in [3.05, 3.63) is 24.0 Å². The Morgan fingerprint density at radius 1 is 1.42 bits per heavy atom. The molecule has 0 spiro atoms. The van der Waals surface area contributed by atoms with E-state index in [0.717, 1.165) is 5.46 Å². The van der Waals surface area contributed by atoms with Gasteiger partial charge in [0.2, 0.25) is 0 Å². The summed E-state index contributed by atoms with van der Waals surface area (Å²) in [6, 6.07) is 3.53. The highest BCUT2D eigenvalue weighted by Gasteiger charge is 2.40. The van der Waals surface area contributed by atoms with E-state index < -0.39 is 17.4 Å². The van der Waals surface area contributed by atoms with Crippen LogP contribution in [-0.2, 0) is 4.65 Å². The largest absolute Gasteiger partial charge is 0.439 e. The Hall–Kier alpha value is -0.945. The number of aliphatic hydroxyl groups is 1. The molecule has 0 aromatic carbocycles. The molecule has 0 fully saturated rings. The van der Waals surface area contributed by atoms with Crippen molar-refractivity contribution in [2.45, 2.75) is 45.1 Å². The van der Waals surface area contributed by atoms with E-state index >= 15 is 0 Å². The summed E-state index contributed by atoms with van der Waals surface area (Å²) in [6.45, 7) is 7.37. The molecule has 0 aliphatic heterocycles. The predicted octanol–water partition coefficient (Wildman–Crippen LogP) is -0.165. The van der Waals surface area contributed by atoms with Crippen LogP contribution in [0.3, 0.4) is 0 Å². The van der Waals surface area contributed by atoms with Gasteiger partial charge in [-0.25, -0.2) is 0 Å². The number of aromatic nitrogens is 1. The maximum Gasteiger partial charge on any atom is 0.331 e. The third-order valence-corrected chi connectivity index (χ3v) is 3.35. The minimum Gasteiger partial charge on any atom is -0.439 e. The molecule has 0 amide bonds. The number of rotatable bonds is 6. The summed E-state index contributed by atoms with van der Waals surface area (Å²) in [4.78, 5) is 4.08. The van der Waals surface area contributed by atoms with Crippen LogP contribution in [-0.4, -0.2) is 40.9 Å². The molecule has 1 radical (unpaired) electrons. The Morgan fingerprint density at radius 3 is 2.58 bits per heavy atom. The van der Waals surface area contributed by atoms with Gasteiger partial charge in [0.15, 0.2) is 5.60 Å². The zero-order chi connectivity index (χ0) is 14.7. The van der Waals surface area contributed by atoms with Crippen molar-refractivity contribution in [3.8, 4) is 0 Å². The summed E-state index contributed by atoms with van der Waals surface area (Å²) in [7, 11) is 3.26. The Morgan fingerprint density at radius 2 is 2.05 bits per heavy atom. The monoisotopic (exact) mass is 266 g/mol. The molecule has 1 unspecified atom stereocenters. The van der Waals surface area contributed by atoms with Crippen LogP contribution in [0.5, 0.6) is 0 Å². The lowest BCUT2D eigenvalue weighted by Crippen LogP contribution is -2.49. The third kappa shape index (κ3) is 4.28. The zero-order valence-corrected chi connectivity index (χ0v) is 12.2. The van der Waals surface area contributed by atoms with Gasteiger partial charge in [-0.2, -0.15) is 0 Å². The van der Waals surface area contributed by atoms with Crippen LogP contribution >= 0.6 is 0 Å². The quantitative estimate of drug-likeness (QED) is 0.426. The lowest BCUT2D eigenvalue weighted by molar-refractivity contribution is -0.0893. The summed E-state index contributed by atoms with van der Waals surface area (Å²) < 4.78 is 5.71. The van der Waals surface area contributed by atoms with Crippen LogP contribution in [0.1, 0.15) is 39.6 Å². The van der Waals surface area contributed by atoms with E-state index in [4.69, 9.17) is 9.76 Å². The van der Waals surface area contributed by atoms with Crippen molar-refractivity contribution in [2.24, 2.45) is 0 Å². The number of nitrogens with zero attached hydrogens (tertiary/aromatic N) is 1. The fraction of sp³-hybridized carbons (Fsp3) is 0.615. The second-order valence-corrected chi connectivity index (χ2v) is 5.58. The first kappa shape index (κ1) is 16.1. The van der Waals surface area contributed by atoms with Gasteiger partial charge in [-0.1, -0.05) is 5.46 Å². The summed E-state index contributed by atoms with van der Waals surface area (Å²) in [5.41, 5.74) is 0.00135. The molecule has 0 saturated heterocycles. The molecule has 0 aliphatic rings. The summed E-state index contributed by atoms with van der Waals surface area (Å²) >= 11 is 0. The summed E-state index contributed by atoms with van der Waals surface area (Å²) in [5.74, 6) is 0. The van der Waals surface area contributed by atoms with Crippen molar-refractivity contribution in [2.75, 3.05) is 7.05 Å². The van der Waals surface area contributed by atoms with E-state index in [1.165, 1.54) is 0 Å². The van der Waals surface area contributed by atoms with Gasteiger partial charge in [-0.3, -0.25) is 10.3 Å². The molecular formula is C13H23BN2O3+. The number of aliphatic hydroxyl groups excluding tert-OH is 1. The standard InChI is InChI=1S/C13H22BN2O3/c1-12(2,18)13(3,4)19-14-9-6-7-16-10(8-9)11(17)15-5/h6-8,11,15,17-18H,1-5H3/p+1. The van der Waals surface area contributed by atoms with Gasteiger partial charge in [0, 0.05) is 20.0 Å². The lowest BCUT2D eigenvalue weighted by Gasteiger charge is -2.33. The maximum atomic E-state index is 9.65. The van der Waals surface area contributed by atoms with E-state index in [1.54, 1.807) is 32.9 Å². The predicted molar refractivity (Wildman–Crippen MR) is 76.5 cm³/mol. The smallest absolute Gasteiger partial charge is 0.331 e. The molecule has 0 bridgehead atoms. The molecule has 0 aliphatic carbocycles. The Kier molecular flexibility index (Phi) is 5.09. The van der Waals surface area contributed by atoms with Crippen molar-refractivity contribution in [1.82, 2.24) is 10.3 Å². The number of hydrogen-bond acceptors (Lipinski definition) is 4. The van der Waals surface area contributed by atoms with Crippen LogP contribution in [0.15, 0.2) is 18.3 Å². The second-order valence-electron chi connectivity index (χ2n) is 5.58. The number of nitrogens with one attached hydrogen (secondary N) is 1. The minimum absolute atomic E-state index is 0.530. The van der Waals surface area contributed by atoms with Gasteiger partial charge in [0.25, 0.3) is 0 Å². The van der Waals surface area contributed by atoms with E-state index in [0.29, 0.717) is 5.69 Å². The van der Waals surface area contributed by atoms with Gasteiger partial charge in [-0.05, 0) is 33.0 Å². The zero-order valence-electron chi connectivity index (χ0n) is 12.2. The Bertz CT molecular complexity index is 419. The molecule has 1 atom stereocenters. The van der Waals surface area contributed by atoms with Gasteiger partial charge < -0.3 is 14.9 Å². The highest BCUT2D eigenvalue weighted by molar-refractivity contribution is 6.47. The average molecular weight is 266 g/mol. The minimum atomic E-state index is -0.797. The van der Waals surface area contributed by atoms with Gasteiger partial charge in [0.05, 0.1) is 5.69 Å². The van der Waals surface area contributed by atoms with Crippen molar-refractivity contribution in [1.29, 1.82) is 0 Å². The molecule has 19 heavy (non-hydrogen) atoms. The lowest BCUT2D eigenvalue weighted by atomic mass is 9.83. The van der Waals surface area contributed by atoms with Gasteiger partial charge in [-0.15, -0.1) is 0 Å². The first-order valence-corrected chi connectivity index (χ1v) is 6.25. The third-order valence-electron chi connectivity index (χ3n) is 3.35. The van der Waals surface area contributed by atoms with Gasteiger partial charge >= 0.3 is 7.48 Å². The van der Waals surface area contributed by atoms with E-state index in [2.05, 4.69) is 10.3 Å². The molecule has 0 saturated carbocycles.